The van der Waals surface area contributed by atoms with E-state index in [9.17, 15) is 4.79 Å². The van der Waals surface area contributed by atoms with Gasteiger partial charge < -0.3 is 15.0 Å². The molecule has 1 aromatic heterocycles. The molecule has 0 radical (unpaired) electrons. The van der Waals surface area contributed by atoms with Crippen LogP contribution in [0.15, 0.2) is 30.7 Å². The number of aryl methyl sites for hydroxylation is 2. The van der Waals surface area contributed by atoms with Crippen molar-refractivity contribution in [3.05, 3.63) is 47.5 Å². The number of H-pyrrole nitrogens is 1. The molecule has 0 saturated heterocycles. The minimum Gasteiger partial charge on any atom is -0.484 e. The Balaban J connectivity index is 1.70. The smallest absolute Gasteiger partial charge is 0.257 e. The molecular weight excluding hydrogens is 254 g/mol. The number of benzene rings is 1. The topological polar surface area (TPSA) is 67.0 Å². The molecule has 1 heterocycles. The lowest BCUT2D eigenvalue weighted by atomic mass is 10.1. The number of rotatable bonds is 6. The number of hydrogen-bond donors (Lipinski definition) is 2. The van der Waals surface area contributed by atoms with Gasteiger partial charge in [-0.1, -0.05) is 6.07 Å². The van der Waals surface area contributed by atoms with Gasteiger partial charge in [-0.25, -0.2) is 4.98 Å². The molecule has 0 spiro atoms. The van der Waals surface area contributed by atoms with Gasteiger partial charge in [-0.3, -0.25) is 4.79 Å². The molecule has 0 saturated carbocycles. The van der Waals surface area contributed by atoms with Gasteiger partial charge in [-0.05, 0) is 37.1 Å². The van der Waals surface area contributed by atoms with Crippen molar-refractivity contribution in [2.24, 2.45) is 0 Å². The van der Waals surface area contributed by atoms with Gasteiger partial charge in [0.25, 0.3) is 5.91 Å². The summed E-state index contributed by atoms with van der Waals surface area (Å²) in [5, 5.41) is 2.81. The van der Waals surface area contributed by atoms with Crippen LogP contribution in [0.1, 0.15) is 16.8 Å². The van der Waals surface area contributed by atoms with Crippen molar-refractivity contribution >= 4 is 5.91 Å². The zero-order valence-corrected chi connectivity index (χ0v) is 11.8. The van der Waals surface area contributed by atoms with Crippen molar-refractivity contribution in [1.29, 1.82) is 0 Å². The standard InChI is InChI=1S/C15H19N3O2/c1-11-3-4-14(7-12(11)2)20-9-15(19)17-6-5-13-8-16-10-18-13/h3-4,7-8,10H,5-6,9H2,1-2H3,(H,16,18)(H,17,19). The maximum atomic E-state index is 11.6. The van der Waals surface area contributed by atoms with E-state index < -0.39 is 0 Å². The quantitative estimate of drug-likeness (QED) is 0.843. The Hall–Kier alpha value is -2.30. The first-order chi connectivity index (χ1) is 9.65. The third-order valence-electron chi connectivity index (χ3n) is 3.12. The molecule has 0 atom stereocenters. The highest BCUT2D eigenvalue weighted by Crippen LogP contribution is 2.16. The lowest BCUT2D eigenvalue weighted by molar-refractivity contribution is -0.123. The van der Waals surface area contributed by atoms with E-state index >= 15 is 0 Å². The van der Waals surface area contributed by atoms with E-state index in [1.165, 1.54) is 5.56 Å². The lowest BCUT2D eigenvalue weighted by Crippen LogP contribution is -2.30. The summed E-state index contributed by atoms with van der Waals surface area (Å²) >= 11 is 0. The Morgan fingerprint density at radius 1 is 1.35 bits per heavy atom. The van der Waals surface area contributed by atoms with Crippen LogP contribution < -0.4 is 10.1 Å². The molecule has 0 unspecified atom stereocenters. The fourth-order valence-electron chi connectivity index (χ4n) is 1.76. The minimum absolute atomic E-state index is 0.0332. The maximum absolute atomic E-state index is 11.6. The number of ether oxygens (including phenoxy) is 1. The van der Waals surface area contributed by atoms with Crippen molar-refractivity contribution in [3.63, 3.8) is 0 Å². The van der Waals surface area contributed by atoms with Crippen LogP contribution in [0.2, 0.25) is 0 Å². The second-order valence-corrected chi connectivity index (χ2v) is 4.71. The van der Waals surface area contributed by atoms with E-state index in [4.69, 9.17) is 4.74 Å². The minimum atomic E-state index is -0.122. The summed E-state index contributed by atoms with van der Waals surface area (Å²) in [6, 6.07) is 5.80. The number of nitrogens with zero attached hydrogens (tertiary/aromatic N) is 1. The molecule has 106 valence electrons. The average Bonchev–Trinajstić information content (AvgIpc) is 2.93. The number of carbonyl (C=O) groups is 1. The highest BCUT2D eigenvalue weighted by Gasteiger charge is 2.03. The number of imidazole rings is 1. The Bertz CT molecular complexity index is 565. The van der Waals surface area contributed by atoms with E-state index in [1.807, 2.05) is 32.0 Å². The van der Waals surface area contributed by atoms with Crippen LogP contribution in [0.4, 0.5) is 0 Å². The molecule has 20 heavy (non-hydrogen) atoms. The van der Waals surface area contributed by atoms with Gasteiger partial charge in [-0.15, -0.1) is 0 Å². The third kappa shape index (κ3) is 4.12. The van der Waals surface area contributed by atoms with Crippen molar-refractivity contribution in [1.82, 2.24) is 15.3 Å². The number of aromatic amines is 1. The van der Waals surface area contributed by atoms with E-state index in [1.54, 1.807) is 12.5 Å². The second-order valence-electron chi connectivity index (χ2n) is 4.71. The summed E-state index contributed by atoms with van der Waals surface area (Å²) in [5.74, 6) is 0.597. The zero-order chi connectivity index (χ0) is 14.4. The summed E-state index contributed by atoms with van der Waals surface area (Å²) in [7, 11) is 0. The van der Waals surface area contributed by atoms with Crippen LogP contribution in [0.3, 0.4) is 0 Å². The maximum Gasteiger partial charge on any atom is 0.257 e. The van der Waals surface area contributed by atoms with Gasteiger partial charge in [0, 0.05) is 24.9 Å². The second kappa shape index (κ2) is 6.75. The summed E-state index contributed by atoms with van der Waals surface area (Å²) in [4.78, 5) is 18.5. The SMILES string of the molecule is Cc1ccc(OCC(=O)NCCc2cnc[nH]2)cc1C. The number of nitrogens with one attached hydrogen (secondary N) is 2. The predicted molar refractivity (Wildman–Crippen MR) is 76.7 cm³/mol. The molecule has 1 amide bonds. The third-order valence-corrected chi connectivity index (χ3v) is 3.12. The van der Waals surface area contributed by atoms with Crippen LogP contribution in [0.5, 0.6) is 5.75 Å². The summed E-state index contributed by atoms with van der Waals surface area (Å²) in [5.41, 5.74) is 3.36. The van der Waals surface area contributed by atoms with Gasteiger partial charge in [0.05, 0.1) is 6.33 Å². The van der Waals surface area contributed by atoms with Gasteiger partial charge >= 0.3 is 0 Å². The first kappa shape index (κ1) is 14.1. The first-order valence-electron chi connectivity index (χ1n) is 6.59. The number of amides is 1. The van der Waals surface area contributed by atoms with Crippen LogP contribution in [-0.4, -0.2) is 29.0 Å². The normalized spacial score (nSPS) is 10.3. The Kier molecular flexibility index (Phi) is 4.76. The van der Waals surface area contributed by atoms with Crippen LogP contribution in [0, 0.1) is 13.8 Å². The van der Waals surface area contributed by atoms with E-state index in [2.05, 4.69) is 15.3 Å². The highest BCUT2D eigenvalue weighted by atomic mass is 16.5. The van der Waals surface area contributed by atoms with Crippen molar-refractivity contribution in [2.45, 2.75) is 20.3 Å². The molecule has 0 aliphatic heterocycles. The van der Waals surface area contributed by atoms with Crippen molar-refractivity contribution < 1.29 is 9.53 Å². The predicted octanol–water partition coefficient (Wildman–Crippen LogP) is 1.76. The fraction of sp³-hybridized carbons (Fsp3) is 0.333. The highest BCUT2D eigenvalue weighted by molar-refractivity contribution is 5.77. The molecule has 5 nitrogen and oxygen atoms in total. The van der Waals surface area contributed by atoms with E-state index in [-0.39, 0.29) is 12.5 Å². The molecule has 1 aromatic carbocycles. The van der Waals surface area contributed by atoms with Crippen LogP contribution >= 0.6 is 0 Å². The molecule has 0 aliphatic rings. The monoisotopic (exact) mass is 273 g/mol. The van der Waals surface area contributed by atoms with Crippen LogP contribution in [-0.2, 0) is 11.2 Å². The van der Waals surface area contributed by atoms with Crippen LogP contribution in [0.25, 0.3) is 0 Å². The van der Waals surface area contributed by atoms with Gasteiger partial charge in [-0.2, -0.15) is 0 Å². The molecule has 2 rings (SSSR count). The summed E-state index contributed by atoms with van der Waals surface area (Å²) in [6.45, 7) is 4.66. The Labute approximate surface area is 118 Å². The fourth-order valence-corrected chi connectivity index (χ4v) is 1.76. The first-order valence-corrected chi connectivity index (χ1v) is 6.59. The summed E-state index contributed by atoms with van der Waals surface area (Å²) in [6.07, 6.45) is 4.10. The summed E-state index contributed by atoms with van der Waals surface area (Å²) < 4.78 is 5.46. The zero-order valence-electron chi connectivity index (χ0n) is 11.8. The van der Waals surface area contributed by atoms with Crippen molar-refractivity contribution in [3.8, 4) is 5.75 Å². The molecule has 2 aromatic rings. The number of aromatic nitrogens is 2. The van der Waals surface area contributed by atoms with Gasteiger partial charge in [0.1, 0.15) is 5.75 Å². The number of carbonyl (C=O) groups excluding carboxylic acids is 1. The number of hydrogen-bond acceptors (Lipinski definition) is 3. The molecule has 2 N–H and O–H groups in total. The largest absolute Gasteiger partial charge is 0.484 e. The molecule has 0 fully saturated rings. The molecule has 0 bridgehead atoms. The average molecular weight is 273 g/mol. The molecule has 0 aliphatic carbocycles. The van der Waals surface area contributed by atoms with Crippen molar-refractivity contribution in [2.75, 3.05) is 13.2 Å². The van der Waals surface area contributed by atoms with E-state index in [0.29, 0.717) is 6.54 Å². The van der Waals surface area contributed by atoms with Gasteiger partial charge in [0.2, 0.25) is 0 Å². The Morgan fingerprint density at radius 3 is 2.90 bits per heavy atom. The van der Waals surface area contributed by atoms with Gasteiger partial charge in [0.15, 0.2) is 6.61 Å². The molecule has 5 heteroatoms. The van der Waals surface area contributed by atoms with E-state index in [0.717, 1.165) is 23.4 Å². The Morgan fingerprint density at radius 2 is 2.20 bits per heavy atom. The lowest BCUT2D eigenvalue weighted by Gasteiger charge is -2.08. The molecular formula is C15H19N3O2.